The Morgan fingerprint density at radius 1 is 1.37 bits per heavy atom. The summed E-state index contributed by atoms with van der Waals surface area (Å²) in [6.45, 7) is 5.20. The first-order valence-corrected chi connectivity index (χ1v) is 9.40. The lowest BCUT2D eigenvalue weighted by atomic mass is 10.1. The molecule has 2 rings (SSSR count). The zero-order chi connectivity index (χ0) is 13.9. The Morgan fingerprint density at radius 3 is 2.58 bits per heavy atom. The number of thioether (sulfide) groups is 1. The van der Waals surface area contributed by atoms with E-state index >= 15 is 0 Å². The lowest BCUT2D eigenvalue weighted by molar-refractivity contribution is 0.598. The molecule has 1 aromatic carbocycles. The van der Waals surface area contributed by atoms with Gasteiger partial charge in [0.15, 0.2) is 9.84 Å². The van der Waals surface area contributed by atoms with Gasteiger partial charge in [0.1, 0.15) is 0 Å². The Kier molecular flexibility index (Phi) is 4.92. The molecule has 0 bridgehead atoms. The summed E-state index contributed by atoms with van der Waals surface area (Å²) < 4.78 is 22.8. The molecule has 1 fully saturated rings. The monoisotopic (exact) mass is 299 g/mol. The predicted octanol–water partition coefficient (Wildman–Crippen LogP) is 2.64. The van der Waals surface area contributed by atoms with Crippen LogP contribution in [0.2, 0.25) is 0 Å². The highest BCUT2D eigenvalue weighted by atomic mass is 32.2. The van der Waals surface area contributed by atoms with Gasteiger partial charge in [-0.1, -0.05) is 19.1 Å². The third-order valence-corrected chi connectivity index (χ3v) is 6.64. The molecule has 1 saturated heterocycles. The fourth-order valence-electron chi connectivity index (χ4n) is 2.31. The Morgan fingerprint density at radius 2 is 2.05 bits per heavy atom. The largest absolute Gasteiger partial charge is 0.310 e. The van der Waals surface area contributed by atoms with Crippen molar-refractivity contribution in [3.63, 3.8) is 0 Å². The molecule has 1 N–H and O–H groups in total. The normalized spacial score (nSPS) is 23.4. The zero-order valence-corrected chi connectivity index (χ0v) is 13.1. The Bertz CT molecular complexity index is 511. The van der Waals surface area contributed by atoms with E-state index in [4.69, 9.17) is 0 Å². The molecule has 106 valence electrons. The number of rotatable bonds is 5. The van der Waals surface area contributed by atoms with Gasteiger partial charge in [-0.25, -0.2) is 8.42 Å². The molecule has 1 heterocycles. The number of nitrogens with one attached hydrogen (secondary N) is 1. The molecule has 2 unspecified atom stereocenters. The molecule has 0 amide bonds. The number of benzene rings is 1. The minimum absolute atomic E-state index is 0.224. The minimum Gasteiger partial charge on any atom is -0.310 e. The van der Waals surface area contributed by atoms with Crippen LogP contribution in [-0.4, -0.2) is 31.7 Å². The van der Waals surface area contributed by atoms with E-state index in [-0.39, 0.29) is 5.25 Å². The van der Waals surface area contributed by atoms with Gasteiger partial charge in [-0.15, -0.1) is 11.8 Å². The molecule has 0 saturated carbocycles. The van der Waals surface area contributed by atoms with Crippen LogP contribution in [0.15, 0.2) is 29.2 Å². The van der Waals surface area contributed by atoms with E-state index in [1.54, 1.807) is 11.8 Å². The third-order valence-electron chi connectivity index (χ3n) is 3.38. The molecule has 0 spiro atoms. The highest BCUT2D eigenvalue weighted by molar-refractivity contribution is 8.01. The van der Waals surface area contributed by atoms with E-state index in [1.165, 1.54) is 5.56 Å². The van der Waals surface area contributed by atoms with Crippen LogP contribution in [0.25, 0.3) is 0 Å². The van der Waals surface area contributed by atoms with Crippen LogP contribution in [0.4, 0.5) is 0 Å². The van der Waals surface area contributed by atoms with Crippen LogP contribution >= 0.6 is 11.8 Å². The first-order chi connectivity index (χ1) is 9.00. The molecule has 3 nitrogen and oxygen atoms in total. The Hall–Kier alpha value is -0.520. The summed E-state index contributed by atoms with van der Waals surface area (Å²) in [5.74, 6) is 0.674. The van der Waals surface area contributed by atoms with Gasteiger partial charge in [-0.3, -0.25) is 0 Å². The number of hydrogen-bond acceptors (Lipinski definition) is 4. The lowest BCUT2D eigenvalue weighted by Crippen LogP contribution is -2.17. The van der Waals surface area contributed by atoms with Gasteiger partial charge in [-0.2, -0.15) is 0 Å². The fourth-order valence-corrected chi connectivity index (χ4v) is 5.81. The molecule has 1 aliphatic rings. The molecular formula is C14H21NO2S2. The summed E-state index contributed by atoms with van der Waals surface area (Å²) in [4.78, 5) is 1.16. The summed E-state index contributed by atoms with van der Waals surface area (Å²) in [5, 5.41) is 3.60. The van der Waals surface area contributed by atoms with Gasteiger partial charge in [0, 0.05) is 16.2 Å². The average Bonchev–Trinajstić information content (AvgIpc) is 2.70. The number of hydrogen-bond donors (Lipinski definition) is 1. The van der Waals surface area contributed by atoms with Crippen molar-refractivity contribution < 1.29 is 8.42 Å². The van der Waals surface area contributed by atoms with Gasteiger partial charge < -0.3 is 5.32 Å². The molecule has 19 heavy (non-hydrogen) atoms. The number of sulfone groups is 1. The smallest absolute Gasteiger partial charge is 0.151 e. The molecular weight excluding hydrogens is 278 g/mol. The van der Waals surface area contributed by atoms with Crippen LogP contribution in [0.1, 0.15) is 31.9 Å². The van der Waals surface area contributed by atoms with Crippen molar-refractivity contribution in [2.45, 2.75) is 36.5 Å². The van der Waals surface area contributed by atoms with E-state index in [0.717, 1.165) is 17.9 Å². The SMILES string of the molecule is CCNC(C)c1ccc(SC2CCS(=O)(=O)C2)cc1. The summed E-state index contributed by atoms with van der Waals surface area (Å²) in [5.41, 5.74) is 1.27. The van der Waals surface area contributed by atoms with E-state index in [1.807, 2.05) is 0 Å². The van der Waals surface area contributed by atoms with Crippen molar-refractivity contribution in [1.29, 1.82) is 0 Å². The van der Waals surface area contributed by atoms with Gasteiger partial charge in [0.2, 0.25) is 0 Å². The van der Waals surface area contributed by atoms with Crippen LogP contribution in [0, 0.1) is 0 Å². The zero-order valence-electron chi connectivity index (χ0n) is 11.4. The average molecular weight is 299 g/mol. The first-order valence-electron chi connectivity index (χ1n) is 6.70. The molecule has 0 radical (unpaired) electrons. The molecule has 1 aromatic rings. The Labute approximate surface area is 120 Å². The predicted molar refractivity (Wildman–Crippen MR) is 81.4 cm³/mol. The van der Waals surface area contributed by atoms with E-state index in [0.29, 0.717) is 17.5 Å². The maximum Gasteiger partial charge on any atom is 0.151 e. The lowest BCUT2D eigenvalue weighted by Gasteiger charge is -2.13. The minimum atomic E-state index is -2.78. The van der Waals surface area contributed by atoms with Crippen LogP contribution in [0.5, 0.6) is 0 Å². The van der Waals surface area contributed by atoms with Crippen molar-refractivity contribution in [3.05, 3.63) is 29.8 Å². The second kappa shape index (κ2) is 6.29. The van der Waals surface area contributed by atoms with Gasteiger partial charge >= 0.3 is 0 Å². The molecule has 0 aromatic heterocycles. The van der Waals surface area contributed by atoms with Gasteiger partial charge in [0.05, 0.1) is 11.5 Å². The second-order valence-corrected chi connectivity index (χ2v) is 8.59. The maximum absolute atomic E-state index is 11.4. The molecule has 1 aliphatic heterocycles. The van der Waals surface area contributed by atoms with E-state index in [9.17, 15) is 8.42 Å². The highest BCUT2D eigenvalue weighted by Crippen LogP contribution is 2.31. The molecule has 2 atom stereocenters. The summed E-state index contributed by atoms with van der Waals surface area (Å²) in [6.07, 6.45) is 0.780. The molecule has 0 aliphatic carbocycles. The first kappa shape index (κ1) is 14.9. The Balaban J connectivity index is 1.96. The topological polar surface area (TPSA) is 46.2 Å². The van der Waals surface area contributed by atoms with E-state index in [2.05, 4.69) is 43.4 Å². The van der Waals surface area contributed by atoms with E-state index < -0.39 is 9.84 Å². The van der Waals surface area contributed by atoms with Crippen molar-refractivity contribution in [2.24, 2.45) is 0 Å². The summed E-state index contributed by atoms with van der Waals surface area (Å²) in [6, 6.07) is 8.80. The van der Waals surface area contributed by atoms with Crippen molar-refractivity contribution >= 4 is 21.6 Å². The quantitative estimate of drug-likeness (QED) is 0.908. The highest BCUT2D eigenvalue weighted by Gasteiger charge is 2.28. The third kappa shape index (κ3) is 4.23. The van der Waals surface area contributed by atoms with Crippen molar-refractivity contribution in [3.8, 4) is 0 Å². The second-order valence-electron chi connectivity index (χ2n) is 4.99. The summed E-state index contributed by atoms with van der Waals surface area (Å²) in [7, 11) is -2.78. The van der Waals surface area contributed by atoms with Crippen LogP contribution in [-0.2, 0) is 9.84 Å². The fraction of sp³-hybridized carbons (Fsp3) is 0.571. The maximum atomic E-state index is 11.4. The standard InChI is InChI=1S/C14H21NO2S2/c1-3-15-11(2)12-4-6-13(7-5-12)18-14-8-9-19(16,17)10-14/h4-7,11,14-15H,3,8-10H2,1-2H3. The van der Waals surface area contributed by atoms with Crippen molar-refractivity contribution in [1.82, 2.24) is 5.32 Å². The van der Waals surface area contributed by atoms with Crippen LogP contribution in [0.3, 0.4) is 0 Å². The van der Waals surface area contributed by atoms with Crippen LogP contribution < -0.4 is 5.32 Å². The molecule has 5 heteroatoms. The van der Waals surface area contributed by atoms with Crippen molar-refractivity contribution in [2.75, 3.05) is 18.1 Å². The van der Waals surface area contributed by atoms with Gasteiger partial charge in [-0.05, 0) is 37.6 Å². The summed E-state index contributed by atoms with van der Waals surface area (Å²) >= 11 is 1.69. The van der Waals surface area contributed by atoms with Gasteiger partial charge in [0.25, 0.3) is 0 Å².